The van der Waals surface area contributed by atoms with E-state index in [0.717, 1.165) is 43.6 Å². The van der Waals surface area contributed by atoms with Crippen molar-refractivity contribution in [2.24, 2.45) is 68.5 Å². The Hall–Kier alpha value is -3.05. The van der Waals surface area contributed by atoms with Crippen LogP contribution in [0.15, 0.2) is 46.9 Å². The molecule has 0 N–H and O–H groups in total. The van der Waals surface area contributed by atoms with Gasteiger partial charge in [0, 0.05) is 11.0 Å². The Bertz CT molecular complexity index is 1760. The number of nitrogens with zero attached hydrogens (tertiary/aromatic N) is 2. The number of ether oxygens (including phenoxy) is 1. The van der Waals surface area contributed by atoms with E-state index in [2.05, 4.69) is 86.1 Å². The fourth-order valence-corrected chi connectivity index (χ4v) is 15.0. The van der Waals surface area contributed by atoms with Gasteiger partial charge in [-0.1, -0.05) is 92.2 Å². The molecule has 0 spiro atoms. The number of allylic oxidation sites excluding steroid dienone is 1. The fourth-order valence-electron chi connectivity index (χ4n) is 15.0. The molecule has 288 valence electrons. The van der Waals surface area contributed by atoms with Crippen molar-refractivity contribution in [3.05, 3.63) is 48.4 Å². The van der Waals surface area contributed by atoms with E-state index in [9.17, 15) is 4.79 Å². The summed E-state index contributed by atoms with van der Waals surface area (Å²) in [6.07, 6.45) is 13.1. The summed E-state index contributed by atoms with van der Waals surface area (Å²) in [6.45, 7) is 26.5. The Labute approximate surface area is 317 Å². The molecule has 0 saturated heterocycles. The molecular formula is C46H64N2O5. The third-order valence-electron chi connectivity index (χ3n) is 17.9. The van der Waals surface area contributed by atoms with E-state index in [1.807, 2.05) is 18.2 Å². The minimum Gasteiger partial charge on any atom is -0.462 e. The normalized spacial score (nSPS) is 43.0. The van der Waals surface area contributed by atoms with E-state index in [1.165, 1.54) is 44.1 Å². The third-order valence-corrected chi connectivity index (χ3v) is 17.9. The van der Waals surface area contributed by atoms with Crippen LogP contribution in [0.5, 0.6) is 0 Å². The quantitative estimate of drug-likeness (QED) is 0.216. The van der Waals surface area contributed by atoms with Crippen LogP contribution in [0.4, 0.5) is 0 Å². The molecule has 6 aliphatic carbocycles. The smallest absolute Gasteiger partial charge is 0.373 e. The van der Waals surface area contributed by atoms with Crippen molar-refractivity contribution in [3.8, 4) is 11.5 Å². The molecule has 0 bridgehead atoms. The van der Waals surface area contributed by atoms with E-state index in [0.29, 0.717) is 41.4 Å². The van der Waals surface area contributed by atoms with E-state index >= 15 is 0 Å². The Morgan fingerprint density at radius 2 is 1.55 bits per heavy atom. The standard InChI is InChI=1S/C45H64N2O3.CO2/c1-11-30-36(40(30,4)5)38(48)49-34-21-22-42(8)32(41(34,6)7)20-23-44(10)33(42)18-17-31-35-29(27(2)3)19-24-45(35,26-25-43(31,44)9)39-47-46-37(50-39)28-15-13-12-14-16-28;2-1-3/h12-16,29-36H,2,11,17-26H2,1,3-10H3;/t29-,30+,31+,32-,33+,34-,35+,36+,42-,43+,44+,45-;/m0./s1. The number of fused-ring (bicyclic) bond motifs is 7. The summed E-state index contributed by atoms with van der Waals surface area (Å²) in [5.74, 6) is 4.93. The van der Waals surface area contributed by atoms with Gasteiger partial charge in [-0.25, -0.2) is 0 Å². The molecule has 0 amide bonds. The molecule has 6 saturated carbocycles. The molecule has 1 aromatic carbocycles. The summed E-state index contributed by atoms with van der Waals surface area (Å²) in [5.41, 5.74) is 3.04. The fraction of sp³-hybridized carbons (Fsp3) is 0.739. The largest absolute Gasteiger partial charge is 0.462 e. The molecule has 12 atom stereocenters. The second-order valence-electron chi connectivity index (χ2n) is 20.3. The SMILES string of the molecule is C=C(C)[C@@H]1CC[C@]2(c3nnc(-c4ccccc4)o3)CC[C@]3(C)[C@H](CC[C@@H]4[C@@]5(C)CC[C@H](OC(=O)[C@H]6[C@@H](CC)C6(C)C)C(C)(C)[C@@H]5CC[C@]43C)[C@@H]12.O=C=O. The van der Waals surface area contributed by atoms with Gasteiger partial charge in [-0.05, 0) is 140 Å². The maximum Gasteiger partial charge on any atom is 0.373 e. The summed E-state index contributed by atoms with van der Waals surface area (Å²) in [5, 5.41) is 9.50. The first kappa shape index (κ1) is 38.2. The van der Waals surface area contributed by atoms with Crippen LogP contribution in [0, 0.1) is 68.5 Å². The maximum atomic E-state index is 13.6. The molecular weight excluding hydrogens is 661 g/mol. The predicted molar refractivity (Wildman–Crippen MR) is 204 cm³/mol. The van der Waals surface area contributed by atoms with Crippen LogP contribution in [0.3, 0.4) is 0 Å². The minimum absolute atomic E-state index is 0.0126. The van der Waals surface area contributed by atoms with Crippen molar-refractivity contribution in [2.45, 2.75) is 144 Å². The summed E-state index contributed by atoms with van der Waals surface area (Å²) < 4.78 is 13.2. The van der Waals surface area contributed by atoms with E-state index in [1.54, 1.807) is 0 Å². The van der Waals surface area contributed by atoms with Gasteiger partial charge in [-0.2, -0.15) is 9.59 Å². The first-order valence-corrected chi connectivity index (χ1v) is 20.7. The number of hydrogen-bond acceptors (Lipinski definition) is 7. The summed E-state index contributed by atoms with van der Waals surface area (Å²) in [4.78, 5) is 29.8. The van der Waals surface area contributed by atoms with Crippen LogP contribution in [-0.4, -0.2) is 28.4 Å². The molecule has 0 aliphatic heterocycles. The second kappa shape index (κ2) is 13.0. The van der Waals surface area contributed by atoms with Crippen LogP contribution in [0.25, 0.3) is 11.5 Å². The zero-order valence-electron chi connectivity index (χ0n) is 33.9. The number of aromatic nitrogens is 2. The lowest BCUT2D eigenvalue weighted by Gasteiger charge is -2.72. The molecule has 8 rings (SSSR count). The zero-order valence-corrected chi connectivity index (χ0v) is 33.9. The van der Waals surface area contributed by atoms with Gasteiger partial charge in [0.1, 0.15) is 6.10 Å². The van der Waals surface area contributed by atoms with Crippen LogP contribution in [-0.2, 0) is 24.5 Å². The van der Waals surface area contributed by atoms with Gasteiger partial charge in [0.25, 0.3) is 0 Å². The van der Waals surface area contributed by atoms with Gasteiger partial charge in [-0.3, -0.25) is 4.79 Å². The Kier molecular flexibility index (Phi) is 9.40. The average Bonchev–Trinajstić information content (AvgIpc) is 3.45. The lowest BCUT2D eigenvalue weighted by atomic mass is 9.32. The molecule has 53 heavy (non-hydrogen) atoms. The Morgan fingerprint density at radius 3 is 2.19 bits per heavy atom. The van der Waals surface area contributed by atoms with E-state index in [4.69, 9.17) is 23.8 Å². The summed E-state index contributed by atoms with van der Waals surface area (Å²) in [7, 11) is 0. The number of esters is 1. The summed E-state index contributed by atoms with van der Waals surface area (Å²) >= 11 is 0. The number of rotatable bonds is 6. The van der Waals surface area contributed by atoms with Crippen molar-refractivity contribution in [2.75, 3.05) is 0 Å². The molecule has 1 heterocycles. The van der Waals surface area contributed by atoms with Gasteiger partial charge in [-0.15, -0.1) is 10.2 Å². The molecule has 0 radical (unpaired) electrons. The first-order chi connectivity index (χ1) is 25.0. The highest BCUT2D eigenvalue weighted by atomic mass is 16.5. The van der Waals surface area contributed by atoms with E-state index in [-0.39, 0.29) is 56.6 Å². The van der Waals surface area contributed by atoms with Gasteiger partial charge in [0.2, 0.25) is 11.8 Å². The Morgan fingerprint density at radius 1 is 0.849 bits per heavy atom. The highest BCUT2D eigenvalue weighted by Crippen LogP contribution is 2.77. The van der Waals surface area contributed by atoms with Gasteiger partial charge in [0.05, 0.1) is 11.3 Å². The van der Waals surface area contributed by atoms with Crippen molar-refractivity contribution in [3.63, 3.8) is 0 Å². The summed E-state index contributed by atoms with van der Waals surface area (Å²) in [6, 6.07) is 10.3. The zero-order chi connectivity index (χ0) is 38.4. The van der Waals surface area contributed by atoms with Gasteiger partial charge < -0.3 is 9.15 Å². The van der Waals surface area contributed by atoms with Crippen LogP contribution in [0.1, 0.15) is 139 Å². The predicted octanol–water partition coefficient (Wildman–Crippen LogP) is 10.7. The number of benzene rings is 1. The highest BCUT2D eigenvalue weighted by Gasteiger charge is 2.72. The van der Waals surface area contributed by atoms with Crippen molar-refractivity contribution >= 4 is 12.1 Å². The number of hydrogen-bond donors (Lipinski definition) is 0. The second-order valence-corrected chi connectivity index (χ2v) is 20.3. The van der Waals surface area contributed by atoms with Gasteiger partial charge >= 0.3 is 12.1 Å². The topological polar surface area (TPSA) is 99.4 Å². The number of carbonyl (C=O) groups is 1. The molecule has 7 heteroatoms. The highest BCUT2D eigenvalue weighted by molar-refractivity contribution is 5.77. The van der Waals surface area contributed by atoms with Crippen molar-refractivity contribution in [1.29, 1.82) is 0 Å². The van der Waals surface area contributed by atoms with E-state index < -0.39 is 0 Å². The molecule has 1 aromatic heterocycles. The Balaban J connectivity index is 0.00000140. The lowest BCUT2D eigenvalue weighted by molar-refractivity contribution is -0.246. The average molecular weight is 725 g/mol. The monoisotopic (exact) mass is 724 g/mol. The molecule has 2 aromatic rings. The third kappa shape index (κ3) is 5.43. The molecule has 7 nitrogen and oxygen atoms in total. The van der Waals surface area contributed by atoms with Crippen LogP contribution in [0.2, 0.25) is 0 Å². The van der Waals surface area contributed by atoms with Crippen molar-refractivity contribution < 1.29 is 23.5 Å². The lowest BCUT2D eigenvalue weighted by Crippen LogP contribution is -2.67. The number of carbonyl (C=O) groups excluding carboxylic acids is 3. The van der Waals surface area contributed by atoms with Gasteiger partial charge in [0.15, 0.2) is 0 Å². The van der Waals surface area contributed by atoms with Crippen molar-refractivity contribution in [1.82, 2.24) is 10.2 Å². The molecule has 6 fully saturated rings. The van der Waals surface area contributed by atoms with Crippen LogP contribution >= 0.6 is 0 Å². The minimum atomic E-state index is -0.0744. The first-order valence-electron chi connectivity index (χ1n) is 20.7. The van der Waals surface area contributed by atoms with Crippen LogP contribution < -0.4 is 0 Å². The molecule has 0 unspecified atom stereocenters. The maximum absolute atomic E-state index is 13.6. The molecule has 6 aliphatic rings.